The molecule has 0 aliphatic heterocycles. The molecule has 1 unspecified atom stereocenters. The maximum absolute atomic E-state index is 12.7. The molecular formula is C25H27NO2. The fraction of sp³-hybridized carbons (Fsp3) is 0.240. The molecular weight excluding hydrogens is 346 g/mol. The molecule has 0 radical (unpaired) electrons. The normalized spacial score (nSPS) is 13.0. The third-order valence-electron chi connectivity index (χ3n) is 5.11. The van der Waals surface area contributed by atoms with Gasteiger partial charge in [-0.15, -0.1) is 0 Å². The van der Waals surface area contributed by atoms with Gasteiger partial charge >= 0.3 is 0 Å². The predicted molar refractivity (Wildman–Crippen MR) is 114 cm³/mol. The molecule has 3 heteroatoms. The molecule has 3 nitrogen and oxygen atoms in total. The van der Waals surface area contributed by atoms with Gasteiger partial charge in [0.05, 0.1) is 6.54 Å². The number of carbonyl (C=O) groups excluding carboxylic acids is 1. The van der Waals surface area contributed by atoms with Gasteiger partial charge in [0, 0.05) is 5.56 Å². The summed E-state index contributed by atoms with van der Waals surface area (Å²) in [4.78, 5) is 12.7. The molecule has 2 N–H and O–H groups in total. The van der Waals surface area contributed by atoms with Crippen LogP contribution in [0.3, 0.4) is 0 Å². The Hall–Kier alpha value is -2.91. The second-order valence-corrected chi connectivity index (χ2v) is 7.67. The molecule has 3 aromatic carbocycles. The summed E-state index contributed by atoms with van der Waals surface area (Å²) in [6.07, 6.45) is 0. The zero-order valence-corrected chi connectivity index (χ0v) is 16.9. The minimum atomic E-state index is -1.16. The number of aliphatic hydroxyl groups is 1. The van der Waals surface area contributed by atoms with E-state index in [0.29, 0.717) is 5.56 Å². The van der Waals surface area contributed by atoms with E-state index >= 15 is 0 Å². The summed E-state index contributed by atoms with van der Waals surface area (Å²) in [5.41, 5.74) is 5.55. The highest BCUT2D eigenvalue weighted by Gasteiger charge is 2.25. The molecule has 3 rings (SSSR count). The van der Waals surface area contributed by atoms with E-state index in [1.807, 2.05) is 75.4 Å². The van der Waals surface area contributed by atoms with Crippen LogP contribution in [0.4, 0.5) is 0 Å². The fourth-order valence-corrected chi connectivity index (χ4v) is 3.63. The SMILES string of the molecule is Cc1cc(C)c(C(=O)NCC(C)(O)c2ccc(-c3ccccc3)cc2)c(C)c1. The lowest BCUT2D eigenvalue weighted by Gasteiger charge is -2.25. The third-order valence-corrected chi connectivity index (χ3v) is 5.11. The molecule has 28 heavy (non-hydrogen) atoms. The van der Waals surface area contributed by atoms with Crippen molar-refractivity contribution in [3.05, 3.63) is 94.5 Å². The van der Waals surface area contributed by atoms with Crippen LogP contribution in [0, 0.1) is 20.8 Å². The lowest BCUT2D eigenvalue weighted by molar-refractivity contribution is 0.0526. The Morgan fingerprint density at radius 3 is 2.00 bits per heavy atom. The molecule has 0 spiro atoms. The number of aryl methyl sites for hydroxylation is 3. The van der Waals surface area contributed by atoms with Crippen molar-refractivity contribution in [2.75, 3.05) is 6.54 Å². The number of benzene rings is 3. The van der Waals surface area contributed by atoms with Crippen LogP contribution >= 0.6 is 0 Å². The van der Waals surface area contributed by atoms with E-state index in [9.17, 15) is 9.90 Å². The summed E-state index contributed by atoms with van der Waals surface area (Å²) in [5.74, 6) is -0.156. The first-order chi connectivity index (χ1) is 13.3. The Bertz CT molecular complexity index is 950. The van der Waals surface area contributed by atoms with Crippen LogP contribution in [0.5, 0.6) is 0 Å². The summed E-state index contributed by atoms with van der Waals surface area (Å²) in [7, 11) is 0. The molecule has 1 amide bonds. The summed E-state index contributed by atoms with van der Waals surface area (Å²) in [6.45, 7) is 7.76. The molecule has 0 aliphatic carbocycles. The van der Waals surface area contributed by atoms with Gasteiger partial charge in [-0.25, -0.2) is 0 Å². The van der Waals surface area contributed by atoms with Crippen molar-refractivity contribution in [2.24, 2.45) is 0 Å². The molecule has 0 saturated carbocycles. The van der Waals surface area contributed by atoms with Crippen molar-refractivity contribution in [1.29, 1.82) is 0 Å². The second kappa shape index (κ2) is 7.99. The van der Waals surface area contributed by atoms with Crippen molar-refractivity contribution < 1.29 is 9.90 Å². The van der Waals surface area contributed by atoms with Crippen molar-refractivity contribution in [3.63, 3.8) is 0 Å². The van der Waals surface area contributed by atoms with E-state index < -0.39 is 5.60 Å². The van der Waals surface area contributed by atoms with Crippen LogP contribution in [-0.4, -0.2) is 17.6 Å². The van der Waals surface area contributed by atoms with Crippen LogP contribution in [0.15, 0.2) is 66.7 Å². The first-order valence-corrected chi connectivity index (χ1v) is 9.52. The Balaban J connectivity index is 1.73. The standard InChI is InChI=1S/C25H27NO2/c1-17-14-18(2)23(19(3)15-17)24(27)26-16-25(4,28)22-12-10-21(11-13-22)20-8-6-5-7-9-20/h5-15,28H,16H2,1-4H3,(H,26,27). The molecule has 3 aromatic rings. The van der Waals surface area contributed by atoms with Gasteiger partial charge in [0.1, 0.15) is 5.60 Å². The van der Waals surface area contributed by atoms with Gasteiger partial charge in [0.15, 0.2) is 0 Å². The van der Waals surface area contributed by atoms with Crippen LogP contribution in [0.2, 0.25) is 0 Å². The first-order valence-electron chi connectivity index (χ1n) is 9.52. The van der Waals surface area contributed by atoms with E-state index in [2.05, 4.69) is 17.4 Å². The molecule has 0 bridgehead atoms. The summed E-state index contributed by atoms with van der Waals surface area (Å²) >= 11 is 0. The highest BCUT2D eigenvalue weighted by molar-refractivity contribution is 5.97. The Labute approximate surface area is 167 Å². The summed E-state index contributed by atoms with van der Waals surface area (Å²) in [5, 5.41) is 13.8. The van der Waals surface area contributed by atoms with Crippen LogP contribution in [0.25, 0.3) is 11.1 Å². The monoisotopic (exact) mass is 373 g/mol. The van der Waals surface area contributed by atoms with Crippen LogP contribution in [0.1, 0.15) is 39.5 Å². The topological polar surface area (TPSA) is 49.3 Å². The van der Waals surface area contributed by atoms with E-state index in [0.717, 1.165) is 33.4 Å². The molecule has 0 heterocycles. The first kappa shape index (κ1) is 19.8. The molecule has 0 saturated heterocycles. The van der Waals surface area contributed by atoms with E-state index in [-0.39, 0.29) is 12.5 Å². The van der Waals surface area contributed by atoms with Crippen molar-refractivity contribution in [2.45, 2.75) is 33.3 Å². The Kier molecular flexibility index (Phi) is 5.66. The molecule has 0 aromatic heterocycles. The molecule has 1 atom stereocenters. The number of amides is 1. The van der Waals surface area contributed by atoms with Gasteiger partial charge in [-0.3, -0.25) is 4.79 Å². The van der Waals surface area contributed by atoms with Gasteiger partial charge in [0.2, 0.25) is 0 Å². The maximum atomic E-state index is 12.7. The average molecular weight is 373 g/mol. The minimum Gasteiger partial charge on any atom is -0.384 e. The van der Waals surface area contributed by atoms with Gasteiger partial charge in [-0.05, 0) is 55.5 Å². The van der Waals surface area contributed by atoms with Crippen LogP contribution < -0.4 is 5.32 Å². The highest BCUT2D eigenvalue weighted by atomic mass is 16.3. The number of carbonyl (C=O) groups is 1. The van der Waals surface area contributed by atoms with E-state index in [1.165, 1.54) is 0 Å². The number of nitrogens with one attached hydrogen (secondary N) is 1. The number of hydrogen-bond acceptors (Lipinski definition) is 2. The predicted octanol–water partition coefficient (Wildman–Crippen LogP) is 4.92. The van der Waals surface area contributed by atoms with Crippen molar-refractivity contribution in [1.82, 2.24) is 5.32 Å². The molecule has 144 valence electrons. The quantitative estimate of drug-likeness (QED) is 0.667. The smallest absolute Gasteiger partial charge is 0.251 e. The third kappa shape index (κ3) is 4.32. The van der Waals surface area contributed by atoms with Gasteiger partial charge in [-0.1, -0.05) is 72.3 Å². The van der Waals surface area contributed by atoms with Gasteiger partial charge in [0.25, 0.3) is 5.91 Å². The summed E-state index contributed by atoms with van der Waals surface area (Å²) < 4.78 is 0. The Morgan fingerprint density at radius 1 is 0.893 bits per heavy atom. The van der Waals surface area contributed by atoms with Gasteiger partial charge in [-0.2, -0.15) is 0 Å². The maximum Gasteiger partial charge on any atom is 0.251 e. The van der Waals surface area contributed by atoms with E-state index in [4.69, 9.17) is 0 Å². The summed E-state index contributed by atoms with van der Waals surface area (Å²) in [6, 6.07) is 21.9. The zero-order valence-electron chi connectivity index (χ0n) is 16.9. The number of hydrogen-bond donors (Lipinski definition) is 2. The van der Waals surface area contributed by atoms with Crippen molar-refractivity contribution >= 4 is 5.91 Å². The lowest BCUT2D eigenvalue weighted by atomic mass is 9.93. The Morgan fingerprint density at radius 2 is 1.43 bits per heavy atom. The zero-order chi connectivity index (χ0) is 20.3. The van der Waals surface area contributed by atoms with Crippen molar-refractivity contribution in [3.8, 4) is 11.1 Å². The lowest BCUT2D eigenvalue weighted by Crippen LogP contribution is -2.39. The van der Waals surface area contributed by atoms with Gasteiger partial charge < -0.3 is 10.4 Å². The largest absolute Gasteiger partial charge is 0.384 e. The number of rotatable bonds is 5. The fourth-order valence-electron chi connectivity index (χ4n) is 3.63. The molecule has 0 aliphatic rings. The second-order valence-electron chi connectivity index (χ2n) is 7.67. The van der Waals surface area contributed by atoms with E-state index in [1.54, 1.807) is 6.92 Å². The average Bonchev–Trinajstić information content (AvgIpc) is 2.66. The van der Waals surface area contributed by atoms with Crippen LogP contribution in [-0.2, 0) is 5.60 Å². The molecule has 0 fully saturated rings. The minimum absolute atomic E-state index is 0.142. The highest BCUT2D eigenvalue weighted by Crippen LogP contribution is 2.25.